The summed E-state index contributed by atoms with van der Waals surface area (Å²) in [7, 11) is 1.82. The number of hydrogen-bond acceptors (Lipinski definition) is 6. The number of aromatic nitrogens is 1. The molecule has 0 aliphatic carbocycles. The third-order valence-corrected chi connectivity index (χ3v) is 5.18. The van der Waals surface area contributed by atoms with Gasteiger partial charge in [0.05, 0.1) is 17.9 Å². The third kappa shape index (κ3) is 5.36. The van der Waals surface area contributed by atoms with Gasteiger partial charge in [-0.05, 0) is 50.0 Å². The minimum absolute atomic E-state index is 0.0535. The van der Waals surface area contributed by atoms with E-state index in [0.717, 1.165) is 24.7 Å². The van der Waals surface area contributed by atoms with Crippen molar-refractivity contribution in [2.75, 3.05) is 43.0 Å². The Balaban J connectivity index is 1.56. The highest BCUT2D eigenvalue weighted by molar-refractivity contribution is 5.91. The summed E-state index contributed by atoms with van der Waals surface area (Å²) >= 11 is 0. The standard InChI is InChI=1S/C21H29N5O2/c1-3-15-7-10-26(11-8-15)14-21(27)25-20-13-17(6-9-24-20)28-16-4-5-19(23-2)18(22)12-16/h4-6,9,12-13,15,23H,3,7-8,10-11,14,22H2,1-2H3,(H,24,25,27). The minimum Gasteiger partial charge on any atom is -0.457 e. The molecule has 2 aromatic rings. The normalized spacial score (nSPS) is 15.2. The van der Waals surface area contributed by atoms with Crippen LogP contribution >= 0.6 is 0 Å². The number of likely N-dealkylation sites (tertiary alicyclic amines) is 1. The molecular weight excluding hydrogens is 354 g/mol. The van der Waals surface area contributed by atoms with Gasteiger partial charge in [0, 0.05) is 25.4 Å². The van der Waals surface area contributed by atoms with Crippen molar-refractivity contribution in [1.29, 1.82) is 0 Å². The van der Waals surface area contributed by atoms with Crippen molar-refractivity contribution >= 4 is 23.1 Å². The Kier molecular flexibility index (Phi) is 6.71. The molecule has 7 nitrogen and oxygen atoms in total. The van der Waals surface area contributed by atoms with Crippen LogP contribution in [0.5, 0.6) is 11.5 Å². The van der Waals surface area contributed by atoms with Gasteiger partial charge >= 0.3 is 0 Å². The maximum atomic E-state index is 12.4. The van der Waals surface area contributed by atoms with Crippen LogP contribution in [-0.4, -0.2) is 42.5 Å². The largest absolute Gasteiger partial charge is 0.457 e. The fourth-order valence-electron chi connectivity index (χ4n) is 3.45. The highest BCUT2D eigenvalue weighted by atomic mass is 16.5. The van der Waals surface area contributed by atoms with Crippen LogP contribution in [0.3, 0.4) is 0 Å². The molecule has 2 heterocycles. The van der Waals surface area contributed by atoms with Gasteiger partial charge in [0.15, 0.2) is 0 Å². The topological polar surface area (TPSA) is 92.5 Å². The number of hydrogen-bond donors (Lipinski definition) is 3. The van der Waals surface area contributed by atoms with E-state index in [9.17, 15) is 4.79 Å². The molecule has 7 heteroatoms. The van der Waals surface area contributed by atoms with Crippen LogP contribution in [0.15, 0.2) is 36.5 Å². The molecule has 1 saturated heterocycles. The van der Waals surface area contributed by atoms with E-state index in [1.54, 1.807) is 24.4 Å². The smallest absolute Gasteiger partial charge is 0.239 e. The van der Waals surface area contributed by atoms with Gasteiger partial charge in [-0.2, -0.15) is 0 Å². The molecule has 0 atom stereocenters. The number of nitrogens with zero attached hydrogens (tertiary/aromatic N) is 2. The first-order chi connectivity index (χ1) is 13.6. The highest BCUT2D eigenvalue weighted by Crippen LogP contribution is 2.28. The van der Waals surface area contributed by atoms with E-state index in [1.165, 1.54) is 19.3 Å². The van der Waals surface area contributed by atoms with Crippen LogP contribution in [0.4, 0.5) is 17.2 Å². The van der Waals surface area contributed by atoms with Crippen LogP contribution < -0.4 is 21.1 Å². The lowest BCUT2D eigenvalue weighted by Gasteiger charge is -2.30. The average Bonchev–Trinajstić information content (AvgIpc) is 2.69. The average molecular weight is 383 g/mol. The van der Waals surface area contributed by atoms with E-state index in [0.29, 0.717) is 29.5 Å². The Labute approximate surface area is 166 Å². The molecule has 1 fully saturated rings. The van der Waals surface area contributed by atoms with E-state index in [2.05, 4.69) is 27.4 Å². The summed E-state index contributed by atoms with van der Waals surface area (Å²) in [6.07, 6.45) is 5.17. The molecule has 1 aliphatic rings. The van der Waals surface area contributed by atoms with E-state index >= 15 is 0 Å². The van der Waals surface area contributed by atoms with Crippen molar-refractivity contribution in [2.45, 2.75) is 26.2 Å². The van der Waals surface area contributed by atoms with Gasteiger partial charge in [0.1, 0.15) is 17.3 Å². The van der Waals surface area contributed by atoms with Gasteiger partial charge in [0.2, 0.25) is 5.91 Å². The fourth-order valence-corrected chi connectivity index (χ4v) is 3.45. The molecule has 150 valence electrons. The van der Waals surface area contributed by atoms with Crippen molar-refractivity contribution in [3.63, 3.8) is 0 Å². The number of nitrogens with one attached hydrogen (secondary N) is 2. The lowest BCUT2D eigenvalue weighted by atomic mass is 9.94. The predicted octanol–water partition coefficient (Wildman–Crippen LogP) is 3.56. The van der Waals surface area contributed by atoms with Crippen molar-refractivity contribution in [1.82, 2.24) is 9.88 Å². The second-order valence-electron chi connectivity index (χ2n) is 7.15. The first-order valence-electron chi connectivity index (χ1n) is 9.80. The molecule has 1 aliphatic heterocycles. The fraction of sp³-hybridized carbons (Fsp3) is 0.429. The summed E-state index contributed by atoms with van der Waals surface area (Å²) in [4.78, 5) is 18.8. The van der Waals surface area contributed by atoms with E-state index in [1.807, 2.05) is 19.2 Å². The van der Waals surface area contributed by atoms with Crippen molar-refractivity contribution < 1.29 is 9.53 Å². The highest BCUT2D eigenvalue weighted by Gasteiger charge is 2.19. The number of pyridine rings is 1. The molecule has 1 aromatic carbocycles. The van der Waals surface area contributed by atoms with Gasteiger partial charge in [-0.1, -0.05) is 13.3 Å². The number of rotatable bonds is 7. The summed E-state index contributed by atoms with van der Waals surface area (Å²) in [5, 5.41) is 5.88. The van der Waals surface area contributed by atoms with Gasteiger partial charge in [-0.3, -0.25) is 9.69 Å². The van der Waals surface area contributed by atoms with Gasteiger partial charge < -0.3 is 21.1 Å². The Bertz CT molecular complexity index is 803. The Morgan fingerprint density at radius 3 is 2.68 bits per heavy atom. The van der Waals surface area contributed by atoms with Crippen LogP contribution in [0.1, 0.15) is 26.2 Å². The first kappa shape index (κ1) is 19.9. The molecule has 3 rings (SSSR count). The molecule has 0 spiro atoms. The second kappa shape index (κ2) is 9.41. The number of benzene rings is 1. The second-order valence-corrected chi connectivity index (χ2v) is 7.15. The maximum Gasteiger partial charge on any atom is 0.239 e. The first-order valence-corrected chi connectivity index (χ1v) is 9.80. The number of carbonyl (C=O) groups excluding carboxylic acids is 1. The zero-order valence-electron chi connectivity index (χ0n) is 16.6. The molecule has 0 saturated carbocycles. The van der Waals surface area contributed by atoms with E-state index in [4.69, 9.17) is 10.5 Å². The molecule has 1 amide bonds. The SMILES string of the molecule is CCC1CCN(CC(=O)Nc2cc(Oc3ccc(NC)c(N)c3)ccn2)CC1. The van der Waals surface area contributed by atoms with Crippen LogP contribution in [0, 0.1) is 5.92 Å². The van der Waals surface area contributed by atoms with Gasteiger partial charge in [-0.25, -0.2) is 4.98 Å². The molecule has 0 radical (unpaired) electrons. The van der Waals surface area contributed by atoms with E-state index < -0.39 is 0 Å². The number of amides is 1. The lowest BCUT2D eigenvalue weighted by Crippen LogP contribution is -2.39. The summed E-state index contributed by atoms with van der Waals surface area (Å²) < 4.78 is 5.85. The number of ether oxygens (including phenoxy) is 1. The maximum absolute atomic E-state index is 12.4. The summed E-state index contributed by atoms with van der Waals surface area (Å²) in [5.74, 6) is 2.43. The zero-order chi connectivity index (χ0) is 19.9. The number of nitrogens with two attached hydrogens (primary N) is 1. The monoisotopic (exact) mass is 383 g/mol. The number of carbonyl (C=O) groups is 1. The number of piperidine rings is 1. The van der Waals surface area contributed by atoms with Crippen molar-refractivity contribution in [3.8, 4) is 11.5 Å². The summed E-state index contributed by atoms with van der Waals surface area (Å²) in [6, 6.07) is 8.90. The Morgan fingerprint density at radius 1 is 1.25 bits per heavy atom. The predicted molar refractivity (Wildman–Crippen MR) is 113 cm³/mol. The molecule has 1 aromatic heterocycles. The third-order valence-electron chi connectivity index (χ3n) is 5.18. The zero-order valence-corrected chi connectivity index (χ0v) is 16.6. The molecule has 28 heavy (non-hydrogen) atoms. The van der Waals surface area contributed by atoms with Gasteiger partial charge in [-0.15, -0.1) is 0 Å². The molecule has 0 bridgehead atoms. The summed E-state index contributed by atoms with van der Waals surface area (Å²) in [5.41, 5.74) is 7.42. The minimum atomic E-state index is -0.0535. The van der Waals surface area contributed by atoms with Crippen molar-refractivity contribution in [3.05, 3.63) is 36.5 Å². The lowest BCUT2D eigenvalue weighted by molar-refractivity contribution is -0.117. The quantitative estimate of drug-likeness (QED) is 0.633. The molecule has 0 unspecified atom stereocenters. The van der Waals surface area contributed by atoms with E-state index in [-0.39, 0.29) is 5.91 Å². The Morgan fingerprint density at radius 2 is 2.00 bits per heavy atom. The number of nitrogen functional groups attached to an aromatic ring is 1. The molecular formula is C21H29N5O2. The van der Waals surface area contributed by atoms with Crippen LogP contribution in [0.2, 0.25) is 0 Å². The van der Waals surface area contributed by atoms with Crippen LogP contribution in [0.25, 0.3) is 0 Å². The van der Waals surface area contributed by atoms with Crippen molar-refractivity contribution in [2.24, 2.45) is 5.92 Å². The van der Waals surface area contributed by atoms with Gasteiger partial charge in [0.25, 0.3) is 0 Å². The summed E-state index contributed by atoms with van der Waals surface area (Å²) in [6.45, 7) is 4.58. The molecule has 4 N–H and O–H groups in total. The Hall–Kier alpha value is -2.80. The number of anilines is 3. The van der Waals surface area contributed by atoms with Crippen LogP contribution in [-0.2, 0) is 4.79 Å².